The summed E-state index contributed by atoms with van der Waals surface area (Å²) in [6.07, 6.45) is -0.481. The molecule has 0 fully saturated rings. The zero-order chi connectivity index (χ0) is 25.3. The zero-order valence-electron chi connectivity index (χ0n) is 20.7. The summed E-state index contributed by atoms with van der Waals surface area (Å²) in [5.41, 5.74) is 0.370. The summed E-state index contributed by atoms with van der Waals surface area (Å²) in [6.45, 7) is 7.01. The van der Waals surface area contributed by atoms with Crippen molar-refractivity contribution in [1.29, 1.82) is 5.26 Å². The van der Waals surface area contributed by atoms with Crippen molar-refractivity contribution in [2.75, 3.05) is 19.8 Å². The van der Waals surface area contributed by atoms with E-state index in [1.54, 1.807) is 18.2 Å². The van der Waals surface area contributed by atoms with E-state index in [4.69, 9.17) is 9.16 Å². The van der Waals surface area contributed by atoms with Gasteiger partial charge in [-0.2, -0.15) is 5.26 Å². The molecule has 0 radical (unpaired) electrons. The second-order valence-corrected chi connectivity index (χ2v) is 14.0. The Hall–Kier alpha value is -2.82. The Morgan fingerprint density at radius 3 is 1.94 bits per heavy atom. The van der Waals surface area contributed by atoms with E-state index in [-0.39, 0.29) is 24.9 Å². The number of hydrogen-bond donors (Lipinski definition) is 1. The van der Waals surface area contributed by atoms with Crippen LogP contribution in [0.1, 0.15) is 38.7 Å². The molecule has 1 N–H and O–H groups in total. The van der Waals surface area contributed by atoms with E-state index in [2.05, 4.69) is 51.1 Å². The van der Waals surface area contributed by atoms with Crippen LogP contribution in [0.15, 0.2) is 84.9 Å². The minimum absolute atomic E-state index is 0.0770. The van der Waals surface area contributed by atoms with Crippen molar-refractivity contribution >= 4 is 18.7 Å². The summed E-state index contributed by atoms with van der Waals surface area (Å²) in [5, 5.41) is 22.3. The lowest BCUT2D eigenvalue weighted by atomic mass is 9.97. The Labute approximate surface area is 209 Å². The van der Waals surface area contributed by atoms with Gasteiger partial charge in [0.15, 0.2) is 0 Å². The van der Waals surface area contributed by atoms with Gasteiger partial charge in [-0.3, -0.25) is 0 Å². The number of aliphatic hydroxyl groups excluding tert-OH is 1. The molecule has 0 amide bonds. The van der Waals surface area contributed by atoms with Gasteiger partial charge in [-0.1, -0.05) is 99.6 Å². The molecular formula is C29H34FNO3Si. The summed E-state index contributed by atoms with van der Waals surface area (Å²) < 4.78 is 26.4. The van der Waals surface area contributed by atoms with Crippen LogP contribution in [0.2, 0.25) is 5.04 Å². The van der Waals surface area contributed by atoms with Crippen molar-refractivity contribution in [3.8, 4) is 6.07 Å². The summed E-state index contributed by atoms with van der Waals surface area (Å²) in [7, 11) is -2.73. The van der Waals surface area contributed by atoms with Crippen molar-refractivity contribution in [3.05, 3.63) is 96.3 Å². The molecule has 35 heavy (non-hydrogen) atoms. The summed E-state index contributed by atoms with van der Waals surface area (Å²) in [5.74, 6) is -0.987. The fraction of sp³-hybridized carbons (Fsp3) is 0.345. The molecule has 6 heteroatoms. The molecule has 3 aromatic carbocycles. The maximum absolute atomic E-state index is 14.0. The molecule has 0 aliphatic rings. The first-order chi connectivity index (χ1) is 16.8. The highest BCUT2D eigenvalue weighted by atomic mass is 28.4. The molecule has 0 aliphatic carbocycles. The Kier molecular flexibility index (Phi) is 9.36. The SMILES string of the molecule is CC(C)(C)[Si](OCC(O)COCCC(C#N)c1ccccc1F)(c1ccccc1)c1ccccc1. The molecular weight excluding hydrogens is 457 g/mol. The molecule has 3 aromatic rings. The highest BCUT2D eigenvalue weighted by Crippen LogP contribution is 2.36. The van der Waals surface area contributed by atoms with Gasteiger partial charge >= 0.3 is 0 Å². The second-order valence-electron chi connectivity index (χ2n) is 9.69. The molecule has 0 bridgehead atoms. The first-order valence-corrected chi connectivity index (χ1v) is 13.8. The maximum atomic E-state index is 14.0. The Morgan fingerprint density at radius 1 is 0.886 bits per heavy atom. The normalized spacial score (nSPS) is 13.7. The van der Waals surface area contributed by atoms with Crippen LogP contribution in [0.4, 0.5) is 4.39 Å². The van der Waals surface area contributed by atoms with Crippen LogP contribution >= 0.6 is 0 Å². The van der Waals surface area contributed by atoms with Crippen molar-refractivity contribution < 1.29 is 18.7 Å². The summed E-state index contributed by atoms with van der Waals surface area (Å²) >= 11 is 0. The zero-order valence-corrected chi connectivity index (χ0v) is 21.7. The van der Waals surface area contributed by atoms with Gasteiger partial charge in [0.1, 0.15) is 5.82 Å². The van der Waals surface area contributed by atoms with E-state index >= 15 is 0 Å². The van der Waals surface area contributed by atoms with Crippen LogP contribution in [0, 0.1) is 17.1 Å². The van der Waals surface area contributed by atoms with E-state index in [1.165, 1.54) is 6.07 Å². The second kappa shape index (κ2) is 12.2. The highest BCUT2D eigenvalue weighted by Gasteiger charge is 2.50. The molecule has 0 saturated heterocycles. The third-order valence-corrected chi connectivity index (χ3v) is 11.2. The number of halogens is 1. The topological polar surface area (TPSA) is 62.5 Å². The number of nitrogens with zero attached hydrogens (tertiary/aromatic N) is 1. The number of nitriles is 1. The number of ether oxygens (including phenoxy) is 1. The van der Waals surface area contributed by atoms with Gasteiger partial charge in [0.05, 0.1) is 31.3 Å². The largest absolute Gasteiger partial charge is 0.405 e. The molecule has 184 valence electrons. The lowest BCUT2D eigenvalue weighted by Crippen LogP contribution is -2.67. The molecule has 4 nitrogen and oxygen atoms in total. The first kappa shape index (κ1) is 26.8. The van der Waals surface area contributed by atoms with Crippen molar-refractivity contribution in [2.24, 2.45) is 0 Å². The Bertz CT molecular complexity index is 1060. The standard InChI is InChI=1S/C29H34FNO3Si/c1-29(2,3)35(25-12-6-4-7-13-25,26-14-8-5-9-15-26)34-22-24(32)21-33-19-18-23(20-31)27-16-10-11-17-28(27)30/h4-17,23-24,32H,18-19,21-22H2,1-3H3. The van der Waals surface area contributed by atoms with Crippen LogP contribution in [0.25, 0.3) is 0 Å². The van der Waals surface area contributed by atoms with E-state index in [1.807, 2.05) is 36.4 Å². The van der Waals surface area contributed by atoms with Crippen molar-refractivity contribution in [1.82, 2.24) is 0 Å². The third-order valence-electron chi connectivity index (χ3n) is 6.21. The van der Waals surface area contributed by atoms with Gasteiger partial charge in [0, 0.05) is 12.2 Å². The van der Waals surface area contributed by atoms with Gasteiger partial charge in [0.25, 0.3) is 8.32 Å². The van der Waals surface area contributed by atoms with Crippen LogP contribution in [-0.2, 0) is 9.16 Å². The van der Waals surface area contributed by atoms with Gasteiger partial charge in [-0.15, -0.1) is 0 Å². The molecule has 2 atom stereocenters. The fourth-order valence-electron chi connectivity index (χ4n) is 4.50. The number of benzene rings is 3. The summed E-state index contributed by atoms with van der Waals surface area (Å²) in [6, 6.07) is 29.0. The third kappa shape index (κ3) is 6.44. The van der Waals surface area contributed by atoms with Crippen LogP contribution < -0.4 is 10.4 Å². The first-order valence-electron chi connectivity index (χ1n) is 11.9. The van der Waals surface area contributed by atoms with Gasteiger partial charge in [0.2, 0.25) is 0 Å². The van der Waals surface area contributed by atoms with E-state index in [0.29, 0.717) is 12.0 Å². The predicted octanol–water partition coefficient (Wildman–Crippen LogP) is 4.78. The Balaban J connectivity index is 1.66. The van der Waals surface area contributed by atoms with Crippen LogP contribution in [0.3, 0.4) is 0 Å². The smallest absolute Gasteiger partial charge is 0.261 e. The molecule has 0 aliphatic heterocycles. The lowest BCUT2D eigenvalue weighted by molar-refractivity contribution is 0.00880. The number of hydrogen-bond acceptors (Lipinski definition) is 4. The maximum Gasteiger partial charge on any atom is 0.261 e. The average molecular weight is 492 g/mol. The summed E-state index contributed by atoms with van der Waals surface area (Å²) in [4.78, 5) is 0. The van der Waals surface area contributed by atoms with Gasteiger partial charge in [-0.25, -0.2) is 4.39 Å². The minimum Gasteiger partial charge on any atom is -0.405 e. The van der Waals surface area contributed by atoms with Crippen LogP contribution in [-0.4, -0.2) is 39.3 Å². The quantitative estimate of drug-likeness (QED) is 0.310. The molecule has 0 aromatic heterocycles. The van der Waals surface area contributed by atoms with Crippen molar-refractivity contribution in [3.63, 3.8) is 0 Å². The van der Waals surface area contributed by atoms with Gasteiger partial charge in [-0.05, 0) is 27.9 Å². The predicted molar refractivity (Wildman–Crippen MR) is 140 cm³/mol. The van der Waals surface area contributed by atoms with Gasteiger partial charge < -0.3 is 14.3 Å². The van der Waals surface area contributed by atoms with E-state index < -0.39 is 26.2 Å². The Morgan fingerprint density at radius 2 is 1.43 bits per heavy atom. The number of aliphatic hydroxyl groups is 1. The lowest BCUT2D eigenvalue weighted by Gasteiger charge is -2.43. The number of rotatable bonds is 11. The molecule has 3 rings (SSSR count). The van der Waals surface area contributed by atoms with Crippen molar-refractivity contribution in [2.45, 2.75) is 44.3 Å². The highest BCUT2D eigenvalue weighted by molar-refractivity contribution is 6.99. The molecule has 0 saturated carbocycles. The average Bonchev–Trinajstić information content (AvgIpc) is 2.86. The van der Waals surface area contributed by atoms with E-state index in [9.17, 15) is 14.8 Å². The molecule has 0 spiro atoms. The minimum atomic E-state index is -2.73. The monoisotopic (exact) mass is 491 g/mol. The molecule has 2 unspecified atom stereocenters. The fourth-order valence-corrected chi connectivity index (χ4v) is 9.10. The van der Waals surface area contributed by atoms with Crippen LogP contribution in [0.5, 0.6) is 0 Å². The molecule has 0 heterocycles. The van der Waals surface area contributed by atoms with E-state index in [0.717, 1.165) is 10.4 Å².